The van der Waals surface area contributed by atoms with Crippen molar-refractivity contribution in [2.75, 3.05) is 0 Å². The molecule has 0 heterocycles. The second-order valence-corrected chi connectivity index (χ2v) is 2.06. The first kappa shape index (κ1) is 5.91. The van der Waals surface area contributed by atoms with Crippen molar-refractivity contribution in [3.05, 3.63) is 24.0 Å². The van der Waals surface area contributed by atoms with Crippen molar-refractivity contribution in [3.8, 4) is 0 Å². The van der Waals surface area contributed by atoms with Gasteiger partial charge in [0.15, 0.2) is 0 Å². The molecule has 1 atom stereocenters. The Morgan fingerprint density at radius 2 is 2.33 bits per heavy atom. The van der Waals surface area contributed by atoms with Crippen molar-refractivity contribution >= 4 is 9.24 Å². The summed E-state index contributed by atoms with van der Waals surface area (Å²) in [6.07, 6.45) is 3.70. The van der Waals surface area contributed by atoms with Gasteiger partial charge in [-0.3, -0.25) is 0 Å². The highest BCUT2D eigenvalue weighted by Gasteiger charge is 1.63. The van der Waals surface area contributed by atoms with Crippen LogP contribution in [0.2, 0.25) is 0 Å². The van der Waals surface area contributed by atoms with Gasteiger partial charge in [-0.25, -0.2) is 0 Å². The van der Waals surface area contributed by atoms with Crippen molar-refractivity contribution in [2.45, 2.75) is 6.92 Å². The van der Waals surface area contributed by atoms with Crippen LogP contribution in [0.4, 0.5) is 0 Å². The van der Waals surface area contributed by atoms with E-state index in [0.717, 1.165) is 0 Å². The fraction of sp³-hybridized carbons (Fsp3) is 0.200. The zero-order valence-corrected chi connectivity index (χ0v) is 5.09. The van der Waals surface area contributed by atoms with Crippen LogP contribution in [0.5, 0.6) is 0 Å². The lowest BCUT2D eigenvalue weighted by atomic mass is 10.5. The standard InChI is InChI=1S/C5H9P/c1-3-4-5(2)6/h3-4H,1,6H2,2H3/b5-4+. The third-order valence-corrected chi connectivity index (χ3v) is 0.573. The fourth-order valence-corrected chi connectivity index (χ4v) is 0.322. The Morgan fingerprint density at radius 3 is 2.33 bits per heavy atom. The van der Waals surface area contributed by atoms with Gasteiger partial charge < -0.3 is 0 Å². The van der Waals surface area contributed by atoms with Gasteiger partial charge in [-0.15, -0.1) is 9.24 Å². The molecule has 0 aliphatic carbocycles. The third-order valence-electron chi connectivity index (χ3n) is 0.381. The zero-order chi connectivity index (χ0) is 4.99. The summed E-state index contributed by atoms with van der Waals surface area (Å²) in [5, 5.41) is 1.21. The molecule has 6 heavy (non-hydrogen) atoms. The van der Waals surface area contributed by atoms with Gasteiger partial charge in [-0.05, 0) is 6.92 Å². The smallest absolute Gasteiger partial charge is 0.0398 e. The zero-order valence-electron chi connectivity index (χ0n) is 3.94. The summed E-state index contributed by atoms with van der Waals surface area (Å²) < 4.78 is 0. The van der Waals surface area contributed by atoms with E-state index in [1.54, 1.807) is 6.08 Å². The molecule has 0 amide bonds. The van der Waals surface area contributed by atoms with Crippen molar-refractivity contribution in [1.29, 1.82) is 0 Å². The van der Waals surface area contributed by atoms with Crippen molar-refractivity contribution in [2.24, 2.45) is 0 Å². The predicted octanol–water partition coefficient (Wildman–Crippen LogP) is 1.95. The highest BCUT2D eigenvalue weighted by molar-refractivity contribution is 7.22. The van der Waals surface area contributed by atoms with Gasteiger partial charge in [0.1, 0.15) is 0 Å². The molecule has 0 nitrogen and oxygen atoms in total. The number of rotatable bonds is 1. The molecule has 0 aliphatic heterocycles. The molecule has 0 radical (unpaired) electrons. The normalized spacial score (nSPS) is 11.3. The molecule has 0 fully saturated rings. The molecular weight excluding hydrogens is 91.0 g/mol. The minimum Gasteiger partial charge on any atom is -0.110 e. The van der Waals surface area contributed by atoms with Gasteiger partial charge in [0.05, 0.1) is 0 Å². The summed E-state index contributed by atoms with van der Waals surface area (Å²) in [5.74, 6) is 0. The van der Waals surface area contributed by atoms with Gasteiger partial charge in [-0.2, -0.15) is 0 Å². The molecule has 0 aromatic heterocycles. The van der Waals surface area contributed by atoms with Gasteiger partial charge in [-0.1, -0.05) is 24.0 Å². The molecular formula is C5H9P. The first-order chi connectivity index (χ1) is 2.77. The largest absolute Gasteiger partial charge is 0.110 e. The summed E-state index contributed by atoms with van der Waals surface area (Å²) in [6, 6.07) is 0. The highest BCUT2D eigenvalue weighted by Crippen LogP contribution is 2.00. The topological polar surface area (TPSA) is 0 Å². The van der Waals surface area contributed by atoms with Crippen LogP contribution in [0, 0.1) is 0 Å². The average molecular weight is 100 g/mol. The number of hydrogen-bond donors (Lipinski definition) is 0. The molecule has 0 saturated carbocycles. The lowest BCUT2D eigenvalue weighted by Crippen LogP contribution is -1.47. The van der Waals surface area contributed by atoms with Crippen molar-refractivity contribution in [3.63, 3.8) is 0 Å². The molecule has 0 aromatic carbocycles. The minimum atomic E-state index is 1.21. The first-order valence-corrected chi connectivity index (χ1v) is 2.40. The Morgan fingerprint density at radius 1 is 1.83 bits per heavy atom. The van der Waals surface area contributed by atoms with E-state index < -0.39 is 0 Å². The molecule has 0 saturated heterocycles. The molecule has 0 aliphatic rings. The van der Waals surface area contributed by atoms with E-state index in [1.165, 1.54) is 5.31 Å². The first-order valence-electron chi connectivity index (χ1n) is 1.82. The summed E-state index contributed by atoms with van der Waals surface area (Å²) >= 11 is 0. The SMILES string of the molecule is C=C/C=C(\C)P. The van der Waals surface area contributed by atoms with E-state index in [0.29, 0.717) is 0 Å². The molecule has 0 N–H and O–H groups in total. The van der Waals surface area contributed by atoms with Crippen LogP contribution in [-0.4, -0.2) is 0 Å². The van der Waals surface area contributed by atoms with Gasteiger partial charge >= 0.3 is 0 Å². The van der Waals surface area contributed by atoms with E-state index in [1.807, 2.05) is 13.0 Å². The Labute approximate surface area is 41.1 Å². The van der Waals surface area contributed by atoms with Gasteiger partial charge in [0, 0.05) is 0 Å². The number of allylic oxidation sites excluding steroid dienone is 3. The third kappa shape index (κ3) is 3.91. The van der Waals surface area contributed by atoms with Crippen molar-refractivity contribution in [1.82, 2.24) is 0 Å². The van der Waals surface area contributed by atoms with E-state index in [9.17, 15) is 0 Å². The highest BCUT2D eigenvalue weighted by atomic mass is 31.0. The quantitative estimate of drug-likeness (QED) is 0.349. The monoisotopic (exact) mass is 100 g/mol. The van der Waals surface area contributed by atoms with Crippen molar-refractivity contribution < 1.29 is 0 Å². The molecule has 0 aromatic rings. The van der Waals surface area contributed by atoms with Crippen LogP contribution < -0.4 is 0 Å². The molecule has 0 rings (SSSR count). The summed E-state index contributed by atoms with van der Waals surface area (Å²) in [5.41, 5.74) is 0. The van der Waals surface area contributed by atoms with E-state index in [4.69, 9.17) is 0 Å². The van der Waals surface area contributed by atoms with Crippen LogP contribution in [0.15, 0.2) is 24.0 Å². The lowest BCUT2D eigenvalue weighted by Gasteiger charge is -1.76. The maximum atomic E-state index is 3.51. The second kappa shape index (κ2) is 3.11. The second-order valence-electron chi connectivity index (χ2n) is 1.15. The van der Waals surface area contributed by atoms with Crippen LogP contribution in [0.25, 0.3) is 0 Å². The Hall–Kier alpha value is -0.0900. The average Bonchev–Trinajstić information content (AvgIpc) is 1.35. The van der Waals surface area contributed by atoms with Crippen LogP contribution in [-0.2, 0) is 0 Å². The van der Waals surface area contributed by atoms with E-state index in [2.05, 4.69) is 15.8 Å². The van der Waals surface area contributed by atoms with Crippen LogP contribution in [0.1, 0.15) is 6.92 Å². The maximum absolute atomic E-state index is 3.51. The maximum Gasteiger partial charge on any atom is -0.0398 e. The summed E-state index contributed by atoms with van der Waals surface area (Å²) in [6.45, 7) is 5.52. The van der Waals surface area contributed by atoms with Crippen LogP contribution >= 0.6 is 9.24 Å². The summed E-state index contributed by atoms with van der Waals surface area (Å²) in [7, 11) is 2.57. The Balaban J connectivity index is 3.41. The lowest BCUT2D eigenvalue weighted by molar-refractivity contribution is 1.68. The molecule has 0 bridgehead atoms. The molecule has 0 spiro atoms. The van der Waals surface area contributed by atoms with Gasteiger partial charge in [0.25, 0.3) is 0 Å². The molecule has 34 valence electrons. The molecule has 1 unspecified atom stereocenters. The van der Waals surface area contributed by atoms with Gasteiger partial charge in [0.2, 0.25) is 0 Å². The minimum absolute atomic E-state index is 1.21. The Bertz CT molecular complexity index is 68.0. The predicted molar refractivity (Wildman–Crippen MR) is 33.7 cm³/mol. The van der Waals surface area contributed by atoms with E-state index >= 15 is 0 Å². The van der Waals surface area contributed by atoms with Crippen LogP contribution in [0.3, 0.4) is 0 Å². The number of hydrogen-bond acceptors (Lipinski definition) is 0. The van der Waals surface area contributed by atoms with E-state index in [-0.39, 0.29) is 0 Å². The fourth-order valence-electron chi connectivity index (χ4n) is 0.186. The molecule has 1 heteroatoms. The Kier molecular flexibility index (Phi) is 3.07. The summed E-state index contributed by atoms with van der Waals surface area (Å²) in [4.78, 5) is 0.